The fourth-order valence-electron chi connectivity index (χ4n) is 4.07. The van der Waals surface area contributed by atoms with Crippen molar-refractivity contribution in [2.24, 2.45) is 0 Å². The molecule has 168 valence electrons. The molecular weight excluding hydrogens is 480 g/mol. The van der Waals surface area contributed by atoms with Crippen molar-refractivity contribution in [2.75, 3.05) is 51.3 Å². The Bertz CT molecular complexity index is 1130. The molecule has 0 atom stereocenters. The molecule has 0 radical (unpaired) electrons. The molecule has 0 aliphatic carbocycles. The molecule has 1 heterocycles. The molecule has 1 amide bonds. The lowest BCUT2D eigenvalue weighted by Crippen LogP contribution is -2.48. The number of anilines is 1. The molecule has 5 nitrogen and oxygen atoms in total. The van der Waals surface area contributed by atoms with Gasteiger partial charge in [-0.3, -0.25) is 9.69 Å². The summed E-state index contributed by atoms with van der Waals surface area (Å²) in [4.78, 5) is 17.0. The quantitative estimate of drug-likeness (QED) is 0.540. The number of amides is 1. The first kappa shape index (κ1) is 22.5. The predicted molar refractivity (Wildman–Crippen MR) is 126 cm³/mol. The van der Waals surface area contributed by atoms with Gasteiger partial charge in [0.2, 0.25) is 0 Å². The third kappa shape index (κ3) is 4.71. The van der Waals surface area contributed by atoms with E-state index >= 15 is 0 Å². The van der Waals surface area contributed by atoms with Crippen LogP contribution in [0, 0.1) is 11.6 Å². The number of hydrogen-bond acceptors (Lipinski definition) is 4. The van der Waals surface area contributed by atoms with E-state index in [2.05, 4.69) is 26.1 Å². The van der Waals surface area contributed by atoms with Crippen LogP contribution in [0.15, 0.2) is 53.0 Å². The summed E-state index contributed by atoms with van der Waals surface area (Å²) in [5, 5.41) is 4.83. The molecule has 0 spiro atoms. The second-order valence-electron chi connectivity index (χ2n) is 7.67. The molecule has 1 aliphatic rings. The van der Waals surface area contributed by atoms with Gasteiger partial charge >= 0.3 is 0 Å². The van der Waals surface area contributed by atoms with E-state index in [9.17, 15) is 13.6 Å². The van der Waals surface area contributed by atoms with E-state index in [1.165, 1.54) is 12.1 Å². The molecule has 0 aromatic heterocycles. The molecule has 0 saturated carbocycles. The van der Waals surface area contributed by atoms with Gasteiger partial charge in [-0.25, -0.2) is 8.78 Å². The van der Waals surface area contributed by atoms with Gasteiger partial charge in [0.05, 0.1) is 18.4 Å². The number of benzene rings is 3. The average molecular weight is 504 g/mol. The fourth-order valence-corrected chi connectivity index (χ4v) is 4.64. The van der Waals surface area contributed by atoms with Gasteiger partial charge in [0.15, 0.2) is 0 Å². The van der Waals surface area contributed by atoms with Crippen molar-refractivity contribution in [3.63, 3.8) is 0 Å². The molecule has 0 unspecified atom stereocenters. The zero-order valence-electron chi connectivity index (χ0n) is 17.7. The first-order chi connectivity index (χ1) is 15.5. The maximum atomic E-state index is 14.0. The maximum Gasteiger partial charge on any atom is 0.255 e. The standard InChI is InChI=1S/C24H24BrF2N3O2/c1-32-23-18-5-3-2-4-17(18)20(25)15-19(23)24(31)28-8-9-29-10-12-30(13-11-29)22-7-6-16(26)14-21(22)27/h2-7,14-15H,8-13H2,1H3,(H,28,31). The Hall–Kier alpha value is -2.71. The highest BCUT2D eigenvalue weighted by Crippen LogP contribution is 2.35. The topological polar surface area (TPSA) is 44.8 Å². The second kappa shape index (κ2) is 9.83. The number of halogens is 3. The summed E-state index contributed by atoms with van der Waals surface area (Å²) in [5.74, 6) is -0.756. The van der Waals surface area contributed by atoms with Crippen molar-refractivity contribution in [2.45, 2.75) is 0 Å². The van der Waals surface area contributed by atoms with E-state index in [0.29, 0.717) is 43.2 Å². The van der Waals surface area contributed by atoms with Gasteiger partial charge in [-0.1, -0.05) is 40.2 Å². The minimum Gasteiger partial charge on any atom is -0.495 e. The number of methoxy groups -OCH3 is 1. The molecular formula is C24H24BrF2N3O2. The van der Waals surface area contributed by atoms with Crippen LogP contribution in [0.3, 0.4) is 0 Å². The van der Waals surface area contributed by atoms with Gasteiger partial charge in [0.1, 0.15) is 17.4 Å². The number of piperazine rings is 1. The van der Waals surface area contributed by atoms with Crippen molar-refractivity contribution in [3.05, 3.63) is 70.2 Å². The third-order valence-corrected chi connectivity index (χ3v) is 6.39. The lowest BCUT2D eigenvalue weighted by atomic mass is 10.0. The zero-order chi connectivity index (χ0) is 22.7. The highest BCUT2D eigenvalue weighted by Gasteiger charge is 2.21. The summed E-state index contributed by atoms with van der Waals surface area (Å²) in [6.07, 6.45) is 0. The molecule has 1 aliphatic heterocycles. The van der Waals surface area contributed by atoms with Gasteiger partial charge < -0.3 is 15.0 Å². The molecule has 1 N–H and O–H groups in total. The summed E-state index contributed by atoms with van der Waals surface area (Å²) >= 11 is 3.55. The van der Waals surface area contributed by atoms with E-state index < -0.39 is 11.6 Å². The van der Waals surface area contributed by atoms with Crippen LogP contribution in [0.25, 0.3) is 10.8 Å². The normalized spacial score (nSPS) is 14.6. The minimum absolute atomic E-state index is 0.194. The van der Waals surface area contributed by atoms with Crippen LogP contribution in [-0.2, 0) is 0 Å². The maximum absolute atomic E-state index is 14.0. The van der Waals surface area contributed by atoms with Crippen LogP contribution in [-0.4, -0.2) is 57.2 Å². The molecule has 32 heavy (non-hydrogen) atoms. The Morgan fingerprint density at radius 1 is 1.06 bits per heavy atom. The molecule has 1 fully saturated rings. The van der Waals surface area contributed by atoms with Gasteiger partial charge in [0.25, 0.3) is 5.91 Å². The molecule has 0 bridgehead atoms. The van der Waals surface area contributed by atoms with Crippen LogP contribution < -0.4 is 15.0 Å². The highest BCUT2D eigenvalue weighted by molar-refractivity contribution is 9.10. The summed E-state index contributed by atoms with van der Waals surface area (Å²) in [5.41, 5.74) is 0.906. The fraction of sp³-hybridized carbons (Fsp3) is 0.292. The second-order valence-corrected chi connectivity index (χ2v) is 8.52. The number of hydrogen-bond donors (Lipinski definition) is 1. The molecule has 3 aromatic carbocycles. The number of fused-ring (bicyclic) bond motifs is 1. The Kier molecular flexibility index (Phi) is 6.91. The number of carbonyl (C=O) groups is 1. The van der Waals surface area contributed by atoms with E-state index in [-0.39, 0.29) is 5.91 Å². The van der Waals surface area contributed by atoms with E-state index in [0.717, 1.165) is 34.4 Å². The van der Waals surface area contributed by atoms with Crippen LogP contribution in [0.2, 0.25) is 0 Å². The Morgan fingerprint density at radius 3 is 2.47 bits per heavy atom. The number of ether oxygens (including phenoxy) is 1. The SMILES string of the molecule is COc1c(C(=O)NCCN2CCN(c3ccc(F)cc3F)CC2)cc(Br)c2ccccc12. The third-order valence-electron chi connectivity index (χ3n) is 5.73. The van der Waals surface area contributed by atoms with Gasteiger partial charge in [-0.2, -0.15) is 0 Å². The highest BCUT2D eigenvalue weighted by atomic mass is 79.9. The van der Waals surface area contributed by atoms with Crippen molar-refractivity contribution in [1.29, 1.82) is 0 Å². The Balaban J connectivity index is 1.33. The first-order valence-corrected chi connectivity index (χ1v) is 11.2. The van der Waals surface area contributed by atoms with E-state index in [1.807, 2.05) is 29.2 Å². The smallest absolute Gasteiger partial charge is 0.255 e. The van der Waals surface area contributed by atoms with Crippen molar-refractivity contribution in [3.8, 4) is 5.75 Å². The van der Waals surface area contributed by atoms with Crippen LogP contribution >= 0.6 is 15.9 Å². The van der Waals surface area contributed by atoms with Gasteiger partial charge in [0, 0.05) is 55.2 Å². The van der Waals surface area contributed by atoms with Gasteiger partial charge in [-0.15, -0.1) is 0 Å². The van der Waals surface area contributed by atoms with E-state index in [4.69, 9.17) is 4.74 Å². The lowest BCUT2D eigenvalue weighted by Gasteiger charge is -2.36. The number of nitrogens with zero attached hydrogens (tertiary/aromatic N) is 2. The predicted octanol–water partition coefficient (Wildman–Crippen LogP) is 4.44. The Labute approximate surface area is 194 Å². The molecule has 8 heteroatoms. The lowest BCUT2D eigenvalue weighted by molar-refractivity contribution is 0.0945. The number of rotatable bonds is 6. The van der Waals surface area contributed by atoms with Crippen molar-refractivity contribution >= 4 is 38.3 Å². The van der Waals surface area contributed by atoms with Gasteiger partial charge in [-0.05, 0) is 23.6 Å². The monoisotopic (exact) mass is 503 g/mol. The minimum atomic E-state index is -0.573. The van der Waals surface area contributed by atoms with Crippen LogP contribution in [0.1, 0.15) is 10.4 Å². The summed E-state index contributed by atoms with van der Waals surface area (Å²) < 4.78 is 33.5. The van der Waals surface area contributed by atoms with Crippen molar-refractivity contribution < 1.29 is 18.3 Å². The summed E-state index contributed by atoms with van der Waals surface area (Å²) in [6.45, 7) is 3.92. The average Bonchev–Trinajstić information content (AvgIpc) is 2.79. The summed E-state index contributed by atoms with van der Waals surface area (Å²) in [7, 11) is 1.57. The molecule has 1 saturated heterocycles. The molecule has 3 aromatic rings. The number of carbonyl (C=O) groups excluding carboxylic acids is 1. The Morgan fingerprint density at radius 2 is 1.78 bits per heavy atom. The zero-order valence-corrected chi connectivity index (χ0v) is 19.3. The first-order valence-electron chi connectivity index (χ1n) is 10.4. The largest absolute Gasteiger partial charge is 0.495 e. The van der Waals surface area contributed by atoms with Crippen molar-refractivity contribution in [1.82, 2.24) is 10.2 Å². The van der Waals surface area contributed by atoms with E-state index in [1.54, 1.807) is 13.2 Å². The molecule has 4 rings (SSSR count). The number of nitrogens with one attached hydrogen (secondary N) is 1. The summed E-state index contributed by atoms with van der Waals surface area (Å²) in [6, 6.07) is 13.2. The van der Waals surface area contributed by atoms with Crippen LogP contribution in [0.4, 0.5) is 14.5 Å². The van der Waals surface area contributed by atoms with Crippen LogP contribution in [0.5, 0.6) is 5.75 Å².